The number of rotatable bonds is 6. The second-order valence-electron chi connectivity index (χ2n) is 9.61. The van der Waals surface area contributed by atoms with E-state index in [4.69, 9.17) is 4.43 Å². The second kappa shape index (κ2) is 8.51. The van der Waals surface area contributed by atoms with Crippen LogP contribution in [-0.2, 0) is 0 Å². The first-order valence-corrected chi connectivity index (χ1v) is 13.7. The molecule has 0 N–H and O–H groups in total. The highest BCUT2D eigenvalue weighted by atomic mass is 28.4. The van der Waals surface area contributed by atoms with Gasteiger partial charge in [0.1, 0.15) is 5.75 Å². The Bertz CT molecular complexity index is 1180. The fourth-order valence-electron chi connectivity index (χ4n) is 5.60. The predicted molar refractivity (Wildman–Crippen MR) is 139 cm³/mol. The van der Waals surface area contributed by atoms with Crippen molar-refractivity contribution in [3.63, 3.8) is 0 Å². The first-order valence-electron chi connectivity index (χ1n) is 11.5. The third kappa shape index (κ3) is 3.68. The minimum absolute atomic E-state index is 0.527. The molecule has 0 radical (unpaired) electrons. The Morgan fingerprint density at radius 2 is 1.06 bits per heavy atom. The van der Waals surface area contributed by atoms with Crippen molar-refractivity contribution in [1.82, 2.24) is 0 Å². The van der Waals surface area contributed by atoms with Gasteiger partial charge in [-0.3, -0.25) is 0 Å². The number of hydrogen-bond donors (Lipinski definition) is 0. The molecule has 0 bridgehead atoms. The molecule has 1 nitrogen and oxygen atoms in total. The van der Waals surface area contributed by atoms with Crippen LogP contribution < -0.4 is 4.43 Å². The first-order chi connectivity index (χ1) is 14.9. The molecule has 0 saturated carbocycles. The number of fused-ring (bicyclic) bond motifs is 2. The Morgan fingerprint density at radius 3 is 1.68 bits per heavy atom. The molecular formula is C29H34OSi. The molecule has 2 heteroatoms. The minimum Gasteiger partial charge on any atom is -0.542 e. The maximum absolute atomic E-state index is 7.27. The van der Waals surface area contributed by atoms with E-state index >= 15 is 0 Å². The Balaban J connectivity index is 2.04. The van der Waals surface area contributed by atoms with Gasteiger partial charge in [0.15, 0.2) is 0 Å². The highest BCUT2D eigenvalue weighted by Crippen LogP contribution is 2.47. The van der Waals surface area contributed by atoms with Crippen molar-refractivity contribution in [2.45, 2.75) is 58.2 Å². The lowest BCUT2D eigenvalue weighted by molar-refractivity contribution is 0.482. The topological polar surface area (TPSA) is 9.23 Å². The molecule has 0 aliphatic heterocycles. The van der Waals surface area contributed by atoms with Gasteiger partial charge in [-0.2, -0.15) is 0 Å². The van der Waals surface area contributed by atoms with Crippen LogP contribution in [0, 0.1) is 0 Å². The van der Waals surface area contributed by atoms with Gasteiger partial charge in [0.25, 0.3) is 8.32 Å². The zero-order valence-corrected chi connectivity index (χ0v) is 20.6. The van der Waals surface area contributed by atoms with Crippen LogP contribution in [0.15, 0.2) is 78.9 Å². The zero-order valence-electron chi connectivity index (χ0n) is 19.6. The summed E-state index contributed by atoms with van der Waals surface area (Å²) in [6.07, 6.45) is 0. The fraction of sp³-hybridized carbons (Fsp3) is 0.310. The first kappa shape index (κ1) is 21.6. The van der Waals surface area contributed by atoms with Gasteiger partial charge in [-0.15, -0.1) is 0 Å². The van der Waals surface area contributed by atoms with E-state index in [1.54, 1.807) is 0 Å². The second-order valence-corrected chi connectivity index (χ2v) is 15.0. The molecule has 0 aliphatic rings. The molecule has 0 spiro atoms. The van der Waals surface area contributed by atoms with Gasteiger partial charge in [0, 0.05) is 5.56 Å². The van der Waals surface area contributed by atoms with E-state index in [9.17, 15) is 0 Å². The molecule has 160 valence electrons. The van der Waals surface area contributed by atoms with Crippen molar-refractivity contribution in [2.24, 2.45) is 0 Å². The summed E-state index contributed by atoms with van der Waals surface area (Å²) in [6, 6.07) is 28.4. The molecule has 4 rings (SSSR count). The molecule has 0 saturated heterocycles. The summed E-state index contributed by atoms with van der Waals surface area (Å²) < 4.78 is 7.27. The SMILES string of the molecule is CC(C)[Si](Oc1ccc2ccccc2c1-c1cccc2ccccc12)(C(C)C)C(C)C. The fourth-order valence-corrected chi connectivity index (χ4v) is 10.9. The van der Waals surface area contributed by atoms with E-state index < -0.39 is 8.32 Å². The molecule has 0 aromatic heterocycles. The Labute approximate surface area is 188 Å². The van der Waals surface area contributed by atoms with Crippen molar-refractivity contribution in [3.05, 3.63) is 78.9 Å². The molecule has 0 aliphatic carbocycles. The van der Waals surface area contributed by atoms with Crippen LogP contribution >= 0.6 is 0 Å². The van der Waals surface area contributed by atoms with Crippen LogP contribution in [0.4, 0.5) is 0 Å². The summed E-state index contributed by atoms with van der Waals surface area (Å²) in [5.74, 6) is 1.04. The van der Waals surface area contributed by atoms with Crippen molar-refractivity contribution in [2.75, 3.05) is 0 Å². The van der Waals surface area contributed by atoms with Crippen LogP contribution in [-0.4, -0.2) is 8.32 Å². The monoisotopic (exact) mass is 426 g/mol. The van der Waals surface area contributed by atoms with Crippen LogP contribution in [0.25, 0.3) is 32.7 Å². The van der Waals surface area contributed by atoms with Gasteiger partial charge in [-0.05, 0) is 49.8 Å². The van der Waals surface area contributed by atoms with Crippen LogP contribution in [0.5, 0.6) is 5.75 Å². The lowest BCUT2D eigenvalue weighted by Gasteiger charge is -2.42. The standard InChI is InChI=1S/C29H34OSi/c1-20(2)31(21(3)4,22(5)6)30-28-19-18-24-13-8-10-16-26(24)29(28)27-17-11-14-23-12-7-9-15-25(23)27/h7-22H,1-6H3. The third-order valence-electron chi connectivity index (χ3n) is 6.94. The molecule has 4 aromatic rings. The quantitative estimate of drug-likeness (QED) is 0.279. The maximum Gasteiger partial charge on any atom is 0.258 e. The summed E-state index contributed by atoms with van der Waals surface area (Å²) in [6.45, 7) is 14.1. The Hall–Kier alpha value is -2.58. The van der Waals surface area contributed by atoms with Gasteiger partial charge in [0.2, 0.25) is 0 Å². The molecular weight excluding hydrogens is 392 g/mol. The lowest BCUT2D eigenvalue weighted by Crippen LogP contribution is -2.50. The van der Waals surface area contributed by atoms with E-state index in [-0.39, 0.29) is 0 Å². The average molecular weight is 427 g/mol. The van der Waals surface area contributed by atoms with Crippen molar-refractivity contribution < 1.29 is 4.43 Å². The minimum atomic E-state index is -2.09. The summed E-state index contributed by atoms with van der Waals surface area (Å²) in [5, 5.41) is 5.05. The predicted octanol–water partition coefficient (Wildman–Crippen LogP) is 9.21. The molecule has 0 unspecified atom stereocenters. The van der Waals surface area contributed by atoms with E-state index in [1.807, 2.05) is 0 Å². The summed E-state index contributed by atoms with van der Waals surface area (Å²) in [4.78, 5) is 0. The molecule has 4 aromatic carbocycles. The van der Waals surface area contributed by atoms with Crippen molar-refractivity contribution in [1.29, 1.82) is 0 Å². The highest BCUT2D eigenvalue weighted by Gasteiger charge is 2.47. The number of hydrogen-bond acceptors (Lipinski definition) is 1. The Kier molecular flexibility index (Phi) is 5.94. The van der Waals surface area contributed by atoms with E-state index in [2.05, 4.69) is 120 Å². The third-order valence-corrected chi connectivity index (χ3v) is 12.9. The van der Waals surface area contributed by atoms with E-state index in [0.717, 1.165) is 5.75 Å². The van der Waals surface area contributed by atoms with Gasteiger partial charge in [-0.25, -0.2) is 0 Å². The van der Waals surface area contributed by atoms with Crippen LogP contribution in [0.3, 0.4) is 0 Å². The Morgan fingerprint density at radius 1 is 0.548 bits per heavy atom. The number of benzene rings is 4. The smallest absolute Gasteiger partial charge is 0.258 e. The summed E-state index contributed by atoms with van der Waals surface area (Å²) >= 11 is 0. The van der Waals surface area contributed by atoms with Gasteiger partial charge in [0.05, 0.1) is 0 Å². The van der Waals surface area contributed by atoms with Crippen molar-refractivity contribution in [3.8, 4) is 16.9 Å². The largest absolute Gasteiger partial charge is 0.542 e. The maximum atomic E-state index is 7.27. The summed E-state index contributed by atoms with van der Waals surface area (Å²) in [7, 11) is -2.09. The zero-order chi connectivity index (χ0) is 22.2. The lowest BCUT2D eigenvalue weighted by atomic mass is 9.93. The van der Waals surface area contributed by atoms with E-state index in [1.165, 1.54) is 32.7 Å². The normalized spacial score (nSPS) is 12.4. The molecule has 0 heterocycles. The molecule has 0 fully saturated rings. The molecule has 0 atom stereocenters. The summed E-state index contributed by atoms with van der Waals surface area (Å²) in [5.41, 5.74) is 4.07. The van der Waals surface area contributed by atoms with Gasteiger partial charge >= 0.3 is 0 Å². The van der Waals surface area contributed by atoms with Crippen molar-refractivity contribution >= 4 is 29.9 Å². The highest BCUT2D eigenvalue weighted by molar-refractivity contribution is 6.78. The molecule has 0 amide bonds. The van der Waals surface area contributed by atoms with Crippen LogP contribution in [0.1, 0.15) is 41.5 Å². The van der Waals surface area contributed by atoms with Gasteiger partial charge < -0.3 is 4.43 Å². The molecule has 31 heavy (non-hydrogen) atoms. The van der Waals surface area contributed by atoms with E-state index in [0.29, 0.717) is 16.6 Å². The van der Waals surface area contributed by atoms with Gasteiger partial charge in [-0.1, -0.05) is 114 Å². The van der Waals surface area contributed by atoms with Crippen LogP contribution in [0.2, 0.25) is 16.6 Å². The average Bonchev–Trinajstić information content (AvgIpc) is 2.76.